The van der Waals surface area contributed by atoms with Crippen LogP contribution < -0.4 is 15.0 Å². The van der Waals surface area contributed by atoms with E-state index in [9.17, 15) is 28.2 Å². The van der Waals surface area contributed by atoms with Gasteiger partial charge in [-0.05, 0) is 73.7 Å². The van der Waals surface area contributed by atoms with Crippen molar-refractivity contribution in [2.45, 2.75) is 83.5 Å². The normalized spacial score (nSPS) is 22.0. The summed E-state index contributed by atoms with van der Waals surface area (Å²) in [6.45, 7) is 16.0. The quantitative estimate of drug-likeness (QED) is 0.104. The van der Waals surface area contributed by atoms with E-state index in [-0.39, 0.29) is 52.0 Å². The largest absolute Gasteiger partial charge is 0.508 e. The zero-order chi connectivity index (χ0) is 46.4. The third-order valence-electron chi connectivity index (χ3n) is 13.6. The minimum absolute atomic E-state index is 0.0221. The molecule has 3 aromatic carbocycles. The lowest BCUT2D eigenvalue weighted by Gasteiger charge is -2.33. The molecule has 3 unspecified atom stereocenters. The zero-order valence-electron chi connectivity index (χ0n) is 37.8. The van der Waals surface area contributed by atoms with Crippen molar-refractivity contribution in [3.05, 3.63) is 100.0 Å². The van der Waals surface area contributed by atoms with Crippen LogP contribution in [0.2, 0.25) is 0 Å². The highest BCUT2D eigenvalue weighted by Crippen LogP contribution is 2.41. The molecule has 7 heterocycles. The van der Waals surface area contributed by atoms with Gasteiger partial charge in [0, 0.05) is 101 Å². The number of aromatic nitrogens is 3. The molecule has 5 aliphatic heterocycles. The summed E-state index contributed by atoms with van der Waals surface area (Å²) < 4.78 is 63.1. The van der Waals surface area contributed by atoms with Gasteiger partial charge < -0.3 is 35.0 Å². The van der Waals surface area contributed by atoms with E-state index in [2.05, 4.69) is 65.0 Å². The lowest BCUT2D eigenvalue weighted by molar-refractivity contribution is -0.137. The molecule has 0 aliphatic carbocycles. The Hall–Kier alpha value is -5.62. The molecule has 1 amide bonds. The second-order valence-corrected chi connectivity index (χ2v) is 18.6. The number of likely N-dealkylation sites (N-methyl/N-ethyl adjacent to an activating group) is 1. The average Bonchev–Trinajstić information content (AvgIpc) is 3.79. The van der Waals surface area contributed by atoms with Gasteiger partial charge in [-0.1, -0.05) is 50.2 Å². The van der Waals surface area contributed by atoms with Crippen LogP contribution in [-0.2, 0) is 25.8 Å². The number of anilines is 1. The summed E-state index contributed by atoms with van der Waals surface area (Å²) in [6, 6.07) is 15.2. The first-order valence-electron chi connectivity index (χ1n) is 22.9. The Bertz CT molecular complexity index is 2610. The highest BCUT2D eigenvalue weighted by atomic mass is 19.4. The molecule has 0 radical (unpaired) electrons. The van der Waals surface area contributed by atoms with Crippen molar-refractivity contribution in [1.82, 2.24) is 39.9 Å². The number of rotatable bonds is 9. The van der Waals surface area contributed by atoms with Crippen molar-refractivity contribution in [2.75, 3.05) is 70.9 Å². The number of phenolic OH excluding ortho intramolecular Hbond substituents is 2. The molecule has 17 heteroatoms. The molecule has 0 spiro atoms. The van der Waals surface area contributed by atoms with Gasteiger partial charge in [-0.3, -0.25) is 19.6 Å². The molecule has 4 atom stereocenters. The molecular formula is C49H57F4N9O4. The van der Waals surface area contributed by atoms with E-state index >= 15 is 4.39 Å². The number of likely N-dealkylation sites (tertiary alicyclic amines) is 1. The molecule has 10 rings (SSSR count). The number of amides is 1. The number of fused-ring (bicyclic) bond motifs is 3. The Balaban J connectivity index is 0.000000171. The third kappa shape index (κ3) is 9.48. The predicted molar refractivity (Wildman–Crippen MR) is 243 cm³/mol. The Morgan fingerprint density at radius 3 is 2.45 bits per heavy atom. The highest BCUT2D eigenvalue weighted by Gasteiger charge is 2.44. The lowest BCUT2D eigenvalue weighted by atomic mass is 9.98. The molecule has 3 N–H and O–H groups in total. The van der Waals surface area contributed by atoms with Gasteiger partial charge in [0.25, 0.3) is 5.91 Å². The first kappa shape index (κ1) is 45.5. The second kappa shape index (κ2) is 18.6. The summed E-state index contributed by atoms with van der Waals surface area (Å²) in [5, 5.41) is 24.0. The van der Waals surface area contributed by atoms with Crippen molar-refractivity contribution in [1.29, 1.82) is 0 Å². The Labute approximate surface area is 382 Å². The standard InChI is InChI=1S/C26H28F4N6O.C23H29N3O3/c1-15-11-35(12-17-13-36(15)17)24-19-10-31-22(18-7-3-4-8-20(18)26(28,29)30)21(27)23(19)32-25(33-24)37-14-16-6-5-9-34(16)2;1-15(2)19-10-20(22(28)11-21(19)27)23(29)26-13-17-4-3-16(9-18(17)14-26)12-25-7-5-24-6-8-25/h3-4,7-8,10,15-17H,5-6,9,11-14H2,1-2H3;3-4,9-11,15,24,27-28H,5-8,12-14H2,1-2H3/t15?,16-,17?,36?;/m0./s1. The fraction of sp³-hybridized carbons (Fsp3) is 0.469. The van der Waals surface area contributed by atoms with E-state index < -0.39 is 23.3 Å². The number of benzene rings is 3. The number of carbonyl (C=O) groups excluding carboxylic acids is 1. The van der Waals surface area contributed by atoms with Gasteiger partial charge in [0.1, 0.15) is 35.1 Å². The van der Waals surface area contributed by atoms with Crippen LogP contribution in [-0.4, -0.2) is 135 Å². The molecule has 4 fully saturated rings. The number of piperazine rings is 2. The smallest absolute Gasteiger partial charge is 0.417 e. The first-order chi connectivity index (χ1) is 31.6. The van der Waals surface area contributed by atoms with Crippen LogP contribution in [0.5, 0.6) is 17.5 Å². The van der Waals surface area contributed by atoms with Crippen LogP contribution in [0, 0.1) is 5.82 Å². The fourth-order valence-corrected chi connectivity index (χ4v) is 9.85. The maximum absolute atomic E-state index is 16.0. The van der Waals surface area contributed by atoms with E-state index in [0.29, 0.717) is 55.1 Å². The zero-order valence-corrected chi connectivity index (χ0v) is 37.8. The minimum Gasteiger partial charge on any atom is -0.508 e. The summed E-state index contributed by atoms with van der Waals surface area (Å²) in [5.41, 5.74) is 2.76. The molecule has 66 heavy (non-hydrogen) atoms. The molecule has 5 aromatic rings. The number of nitrogens with one attached hydrogen (secondary N) is 1. The number of carbonyl (C=O) groups is 1. The third-order valence-corrected chi connectivity index (χ3v) is 13.6. The van der Waals surface area contributed by atoms with E-state index in [1.807, 2.05) is 20.9 Å². The summed E-state index contributed by atoms with van der Waals surface area (Å²) >= 11 is 0. The molecule has 350 valence electrons. The molecule has 0 saturated carbocycles. The number of phenols is 2. The van der Waals surface area contributed by atoms with Gasteiger partial charge in [0.2, 0.25) is 0 Å². The topological polar surface area (TPSA) is 133 Å². The van der Waals surface area contributed by atoms with Crippen LogP contribution in [0.1, 0.15) is 77.7 Å². The summed E-state index contributed by atoms with van der Waals surface area (Å²) in [6.07, 6.45) is -1.22. The summed E-state index contributed by atoms with van der Waals surface area (Å²) in [5.74, 6) is -0.711. The molecule has 0 bridgehead atoms. The van der Waals surface area contributed by atoms with Crippen LogP contribution >= 0.6 is 0 Å². The summed E-state index contributed by atoms with van der Waals surface area (Å²) in [7, 11) is 2.03. The highest BCUT2D eigenvalue weighted by molar-refractivity contribution is 5.97. The van der Waals surface area contributed by atoms with E-state index in [4.69, 9.17) is 4.74 Å². The van der Waals surface area contributed by atoms with Gasteiger partial charge in [-0.2, -0.15) is 23.1 Å². The van der Waals surface area contributed by atoms with E-state index in [1.165, 1.54) is 41.6 Å². The number of halogens is 4. The maximum Gasteiger partial charge on any atom is 0.417 e. The first-order valence-corrected chi connectivity index (χ1v) is 22.9. The Morgan fingerprint density at radius 1 is 0.955 bits per heavy atom. The van der Waals surface area contributed by atoms with E-state index in [1.54, 1.807) is 11.0 Å². The van der Waals surface area contributed by atoms with Gasteiger partial charge in [-0.25, -0.2) is 4.39 Å². The SMILES string of the molecule is CC(C)c1cc(C(=O)N2Cc3ccc(CN4CCNCC4)cc3C2)c(O)cc1O.CC1CN(c2nc(OC[C@@H]3CCCN3C)nc3c(F)c(-c4ccccc4C(F)(F)F)ncc23)CC2CN12. The van der Waals surface area contributed by atoms with Gasteiger partial charge >= 0.3 is 12.2 Å². The number of pyridine rings is 1. The van der Waals surface area contributed by atoms with Crippen LogP contribution in [0.25, 0.3) is 22.2 Å². The van der Waals surface area contributed by atoms with Crippen molar-refractivity contribution in [3.8, 4) is 28.8 Å². The van der Waals surface area contributed by atoms with Gasteiger partial charge in [-0.15, -0.1) is 0 Å². The van der Waals surface area contributed by atoms with Crippen LogP contribution in [0.15, 0.2) is 60.8 Å². The maximum atomic E-state index is 16.0. The molecule has 13 nitrogen and oxygen atoms in total. The lowest BCUT2D eigenvalue weighted by Crippen LogP contribution is -2.44. The number of nitrogens with zero attached hydrogens (tertiary/aromatic N) is 8. The molecule has 2 aromatic heterocycles. The summed E-state index contributed by atoms with van der Waals surface area (Å²) in [4.78, 5) is 37.2. The van der Waals surface area contributed by atoms with Crippen molar-refractivity contribution >= 4 is 22.6 Å². The number of ether oxygens (including phenoxy) is 1. The number of alkyl halides is 3. The Kier molecular flexibility index (Phi) is 12.8. The van der Waals surface area contributed by atoms with Gasteiger partial charge in [0.15, 0.2) is 5.82 Å². The minimum atomic E-state index is -4.65. The average molecular weight is 912 g/mol. The molecule has 5 aliphatic rings. The fourth-order valence-electron chi connectivity index (χ4n) is 9.85. The Morgan fingerprint density at radius 2 is 1.73 bits per heavy atom. The monoisotopic (exact) mass is 911 g/mol. The van der Waals surface area contributed by atoms with Crippen molar-refractivity contribution in [2.24, 2.45) is 0 Å². The van der Waals surface area contributed by atoms with Crippen molar-refractivity contribution in [3.63, 3.8) is 0 Å². The molecule has 4 saturated heterocycles. The number of hydrogen-bond donors (Lipinski definition) is 3. The molecular weight excluding hydrogens is 855 g/mol. The second-order valence-electron chi connectivity index (χ2n) is 18.6. The predicted octanol–water partition coefficient (Wildman–Crippen LogP) is 7.00. The number of hydrogen-bond acceptors (Lipinski definition) is 12. The van der Waals surface area contributed by atoms with Crippen molar-refractivity contribution < 1.29 is 37.3 Å². The number of aromatic hydroxyl groups is 2. The van der Waals surface area contributed by atoms with Gasteiger partial charge in [0.05, 0.1) is 16.5 Å². The van der Waals surface area contributed by atoms with E-state index in [0.717, 1.165) is 76.8 Å². The van der Waals surface area contributed by atoms with Crippen LogP contribution in [0.3, 0.4) is 0 Å². The van der Waals surface area contributed by atoms with Crippen LogP contribution in [0.4, 0.5) is 23.4 Å².